The van der Waals surface area contributed by atoms with Gasteiger partial charge in [-0.15, -0.1) is 16.4 Å². The van der Waals surface area contributed by atoms with Crippen LogP contribution in [0.15, 0.2) is 16.9 Å². The number of aryl methyl sites for hydroxylation is 2. The predicted molar refractivity (Wildman–Crippen MR) is 106 cm³/mol. The highest BCUT2D eigenvalue weighted by Crippen LogP contribution is 2.39. The average molecular weight is 482 g/mol. The Morgan fingerprint density at radius 3 is 2.55 bits per heavy atom. The summed E-state index contributed by atoms with van der Waals surface area (Å²) in [7, 11) is 1.82. The quantitative estimate of drug-likeness (QED) is 0.347. The van der Waals surface area contributed by atoms with Gasteiger partial charge in [0.2, 0.25) is 5.82 Å². The Labute approximate surface area is 173 Å². The Kier molecular flexibility index (Phi) is 3.78. The number of hydrogen-bond acceptors (Lipinski definition) is 6. The molecule has 5 rings (SSSR count). The van der Waals surface area contributed by atoms with Crippen LogP contribution in [0.2, 0.25) is 0 Å². The van der Waals surface area contributed by atoms with Crippen molar-refractivity contribution in [1.82, 2.24) is 34.3 Å². The first-order chi connectivity index (χ1) is 13.6. The van der Waals surface area contributed by atoms with Crippen LogP contribution in [0.5, 0.6) is 0 Å². The molecule has 5 aromatic rings. The molecule has 0 unspecified atom stereocenters. The zero-order valence-corrected chi connectivity index (χ0v) is 17.6. The van der Waals surface area contributed by atoms with E-state index in [2.05, 4.69) is 41.1 Å². The number of thiophene rings is 1. The maximum Gasteiger partial charge on any atom is 0.433 e. The van der Waals surface area contributed by atoms with Crippen molar-refractivity contribution in [3.8, 4) is 11.5 Å². The fourth-order valence-corrected chi connectivity index (χ4v) is 4.87. The highest BCUT2D eigenvalue weighted by Gasteiger charge is 2.33. The minimum absolute atomic E-state index is 0.271. The van der Waals surface area contributed by atoms with Crippen LogP contribution in [0.1, 0.15) is 17.0 Å². The van der Waals surface area contributed by atoms with Gasteiger partial charge in [-0.05, 0) is 41.4 Å². The summed E-state index contributed by atoms with van der Waals surface area (Å²) in [5.74, 6) is 0.396. The van der Waals surface area contributed by atoms with Crippen molar-refractivity contribution in [2.45, 2.75) is 20.0 Å². The van der Waals surface area contributed by atoms with Gasteiger partial charge < -0.3 is 0 Å². The first-order valence-electron chi connectivity index (χ1n) is 8.37. The van der Waals surface area contributed by atoms with E-state index in [1.807, 2.05) is 14.0 Å². The van der Waals surface area contributed by atoms with Crippen molar-refractivity contribution >= 4 is 53.3 Å². The summed E-state index contributed by atoms with van der Waals surface area (Å²) < 4.78 is 44.1. The standard InChI is InChI=1S/C17H11BrF3N7S/c1-6-4-8(17(19,20)21)23-16-9(6)11-13(29-16)15-24-14(26-28(15)5-22-11)12-10(18)7(2)27(3)25-12/h4-5H,1-3H3. The second kappa shape index (κ2) is 5.95. The molecule has 0 saturated heterocycles. The molecule has 0 amide bonds. The van der Waals surface area contributed by atoms with Gasteiger partial charge >= 0.3 is 6.18 Å². The van der Waals surface area contributed by atoms with E-state index in [1.54, 1.807) is 11.6 Å². The molecule has 0 spiro atoms. The normalized spacial score (nSPS) is 12.7. The zero-order chi connectivity index (χ0) is 20.7. The van der Waals surface area contributed by atoms with Crippen LogP contribution >= 0.6 is 27.3 Å². The number of nitrogens with zero attached hydrogens (tertiary/aromatic N) is 7. The molecule has 5 aromatic heterocycles. The Balaban J connectivity index is 1.80. The molecule has 0 bridgehead atoms. The van der Waals surface area contributed by atoms with Gasteiger partial charge in [0.1, 0.15) is 27.2 Å². The SMILES string of the molecule is Cc1cc(C(F)(F)F)nc2sc3c(ncn4nc(-c5nn(C)c(C)c5Br)nc34)c12. The van der Waals surface area contributed by atoms with Gasteiger partial charge in [0, 0.05) is 18.1 Å². The van der Waals surface area contributed by atoms with Crippen molar-refractivity contribution in [1.29, 1.82) is 0 Å². The first kappa shape index (κ1) is 18.4. The molecule has 148 valence electrons. The van der Waals surface area contributed by atoms with E-state index in [0.717, 1.165) is 27.6 Å². The van der Waals surface area contributed by atoms with Gasteiger partial charge in [-0.1, -0.05) is 0 Å². The number of aromatic nitrogens is 7. The Morgan fingerprint density at radius 1 is 1.14 bits per heavy atom. The number of fused-ring (bicyclic) bond motifs is 5. The molecule has 0 aliphatic rings. The number of pyridine rings is 1. The highest BCUT2D eigenvalue weighted by molar-refractivity contribution is 9.10. The molecule has 29 heavy (non-hydrogen) atoms. The van der Waals surface area contributed by atoms with E-state index < -0.39 is 11.9 Å². The molecule has 0 N–H and O–H groups in total. The van der Waals surface area contributed by atoms with E-state index in [0.29, 0.717) is 38.3 Å². The van der Waals surface area contributed by atoms with Crippen LogP contribution in [0.4, 0.5) is 13.2 Å². The lowest BCUT2D eigenvalue weighted by atomic mass is 10.1. The topological polar surface area (TPSA) is 73.8 Å². The fourth-order valence-electron chi connectivity index (χ4n) is 3.18. The summed E-state index contributed by atoms with van der Waals surface area (Å²) >= 11 is 4.63. The van der Waals surface area contributed by atoms with Crippen molar-refractivity contribution in [2.75, 3.05) is 0 Å². The summed E-state index contributed by atoms with van der Waals surface area (Å²) in [6.07, 6.45) is -3.01. The Morgan fingerprint density at radius 2 is 1.90 bits per heavy atom. The van der Waals surface area contributed by atoms with E-state index in [4.69, 9.17) is 0 Å². The van der Waals surface area contributed by atoms with Gasteiger partial charge in [-0.25, -0.2) is 19.5 Å². The van der Waals surface area contributed by atoms with Gasteiger partial charge in [0.25, 0.3) is 0 Å². The number of rotatable bonds is 1. The van der Waals surface area contributed by atoms with Crippen LogP contribution in [0, 0.1) is 13.8 Å². The van der Waals surface area contributed by atoms with Crippen molar-refractivity contribution in [3.05, 3.63) is 33.8 Å². The average Bonchev–Trinajstić information content (AvgIpc) is 3.30. The third-order valence-corrected chi connectivity index (χ3v) is 6.75. The monoisotopic (exact) mass is 481 g/mol. The molecule has 0 fully saturated rings. The second-order valence-electron chi connectivity index (χ2n) is 6.60. The van der Waals surface area contributed by atoms with Crippen LogP contribution in [-0.2, 0) is 13.2 Å². The molecule has 0 saturated carbocycles. The first-order valence-corrected chi connectivity index (χ1v) is 9.98. The minimum Gasteiger partial charge on any atom is -0.271 e. The lowest BCUT2D eigenvalue weighted by Gasteiger charge is -2.06. The third-order valence-electron chi connectivity index (χ3n) is 4.73. The maximum absolute atomic E-state index is 13.2. The van der Waals surface area contributed by atoms with Gasteiger partial charge in [-0.2, -0.15) is 18.3 Å². The number of hydrogen-bond donors (Lipinski definition) is 0. The summed E-state index contributed by atoms with van der Waals surface area (Å²) in [5.41, 5.74) is 2.11. The number of halogens is 4. The van der Waals surface area contributed by atoms with Gasteiger partial charge in [0.05, 0.1) is 9.99 Å². The van der Waals surface area contributed by atoms with E-state index in [-0.39, 0.29) is 4.83 Å². The molecule has 0 aliphatic carbocycles. The molecule has 0 aromatic carbocycles. The Hall–Kier alpha value is -2.60. The molecule has 7 nitrogen and oxygen atoms in total. The van der Waals surface area contributed by atoms with E-state index >= 15 is 0 Å². The summed E-state index contributed by atoms with van der Waals surface area (Å²) in [4.78, 5) is 13.1. The molecular formula is C17H11BrF3N7S. The van der Waals surface area contributed by atoms with Crippen molar-refractivity contribution in [2.24, 2.45) is 7.05 Å². The van der Waals surface area contributed by atoms with Crippen LogP contribution in [-0.4, -0.2) is 34.3 Å². The highest BCUT2D eigenvalue weighted by atomic mass is 79.9. The third kappa shape index (κ3) is 2.65. The lowest BCUT2D eigenvalue weighted by Crippen LogP contribution is -2.07. The second-order valence-corrected chi connectivity index (χ2v) is 8.39. The summed E-state index contributed by atoms with van der Waals surface area (Å²) in [6, 6.07) is 1.05. The van der Waals surface area contributed by atoms with E-state index in [1.165, 1.54) is 10.8 Å². The molecule has 0 radical (unpaired) electrons. The molecule has 0 atom stereocenters. The molecule has 5 heterocycles. The maximum atomic E-state index is 13.2. The van der Waals surface area contributed by atoms with Crippen molar-refractivity contribution in [3.63, 3.8) is 0 Å². The largest absolute Gasteiger partial charge is 0.433 e. The molecular weight excluding hydrogens is 471 g/mol. The molecule has 12 heteroatoms. The predicted octanol–water partition coefficient (Wildman–Crippen LogP) is 4.69. The zero-order valence-electron chi connectivity index (χ0n) is 15.2. The summed E-state index contributed by atoms with van der Waals surface area (Å²) in [6.45, 7) is 3.54. The van der Waals surface area contributed by atoms with Crippen LogP contribution in [0.3, 0.4) is 0 Å². The Bertz CT molecular complexity index is 1450. The lowest BCUT2D eigenvalue weighted by molar-refractivity contribution is -0.141. The smallest absolute Gasteiger partial charge is 0.271 e. The molecule has 0 aliphatic heterocycles. The fraction of sp³-hybridized carbons (Fsp3) is 0.235. The minimum atomic E-state index is -4.51. The summed E-state index contributed by atoms with van der Waals surface area (Å²) in [5, 5.41) is 9.47. The van der Waals surface area contributed by atoms with Crippen LogP contribution in [0.25, 0.3) is 37.6 Å². The van der Waals surface area contributed by atoms with Crippen LogP contribution < -0.4 is 0 Å². The van der Waals surface area contributed by atoms with Gasteiger partial charge in [-0.3, -0.25) is 4.68 Å². The van der Waals surface area contributed by atoms with E-state index in [9.17, 15) is 13.2 Å². The van der Waals surface area contributed by atoms with Crippen molar-refractivity contribution < 1.29 is 13.2 Å². The van der Waals surface area contributed by atoms with Gasteiger partial charge in [0.15, 0.2) is 5.65 Å². The number of alkyl halides is 3.